The van der Waals surface area contributed by atoms with Gasteiger partial charge < -0.3 is 0 Å². The highest BCUT2D eigenvalue weighted by molar-refractivity contribution is 5.97. The quantitative estimate of drug-likeness (QED) is 0.691. The minimum absolute atomic E-state index is 0.149. The van der Waals surface area contributed by atoms with E-state index in [2.05, 4.69) is 0 Å². The van der Waals surface area contributed by atoms with Gasteiger partial charge in [0.15, 0.2) is 5.78 Å². The van der Waals surface area contributed by atoms with E-state index >= 15 is 0 Å². The molecule has 0 aliphatic rings. The summed E-state index contributed by atoms with van der Waals surface area (Å²) >= 11 is 0. The molecule has 0 unspecified atom stereocenters. The van der Waals surface area contributed by atoms with Gasteiger partial charge in [-0.25, -0.2) is 0 Å². The number of hydrogen-bond acceptors (Lipinski definition) is 1. The van der Waals surface area contributed by atoms with Crippen LogP contribution in [-0.2, 0) is 6.18 Å². The first kappa shape index (κ1) is 11.8. The van der Waals surface area contributed by atoms with Crippen molar-refractivity contribution in [1.82, 2.24) is 0 Å². The van der Waals surface area contributed by atoms with E-state index in [9.17, 15) is 18.0 Å². The lowest BCUT2D eigenvalue weighted by molar-refractivity contribution is -0.137. The molecule has 0 aliphatic heterocycles. The maximum absolute atomic E-state index is 12.2. The van der Waals surface area contributed by atoms with Gasteiger partial charge >= 0.3 is 6.18 Å². The fourth-order valence-corrected chi connectivity index (χ4v) is 1.16. The fraction of sp³-hybridized carbons (Fsp3) is 0.364. The number of ketones is 1. The molecule has 0 aliphatic carbocycles. The van der Waals surface area contributed by atoms with E-state index in [0.717, 1.165) is 12.1 Å². The lowest BCUT2D eigenvalue weighted by Gasteiger charge is -2.08. The van der Waals surface area contributed by atoms with E-state index in [0.29, 0.717) is 5.56 Å². The molecule has 0 spiro atoms. The van der Waals surface area contributed by atoms with Crippen LogP contribution in [0.15, 0.2) is 24.3 Å². The second kappa shape index (κ2) is 4.04. The summed E-state index contributed by atoms with van der Waals surface area (Å²) in [6.45, 7) is 3.42. The predicted octanol–water partition coefficient (Wildman–Crippen LogP) is 3.54. The minimum Gasteiger partial charge on any atom is -0.294 e. The summed E-state index contributed by atoms with van der Waals surface area (Å²) in [5.41, 5.74) is -0.416. The van der Waals surface area contributed by atoms with Crippen molar-refractivity contribution >= 4 is 5.78 Å². The van der Waals surface area contributed by atoms with Crippen LogP contribution < -0.4 is 0 Å². The van der Waals surface area contributed by atoms with Gasteiger partial charge in [-0.1, -0.05) is 26.0 Å². The average Bonchev–Trinajstić information content (AvgIpc) is 2.15. The molecule has 0 aromatic heterocycles. The van der Waals surface area contributed by atoms with Crippen molar-refractivity contribution in [2.45, 2.75) is 20.0 Å². The van der Waals surface area contributed by atoms with Crippen LogP contribution in [-0.4, -0.2) is 5.78 Å². The Bertz CT molecular complexity index is 349. The summed E-state index contributed by atoms with van der Waals surface area (Å²) < 4.78 is 36.6. The van der Waals surface area contributed by atoms with E-state index in [4.69, 9.17) is 0 Å². The van der Waals surface area contributed by atoms with Gasteiger partial charge in [0.1, 0.15) is 0 Å². The van der Waals surface area contributed by atoms with Crippen LogP contribution in [0.25, 0.3) is 0 Å². The molecule has 0 saturated carbocycles. The second-order valence-corrected chi connectivity index (χ2v) is 3.59. The van der Waals surface area contributed by atoms with Crippen molar-refractivity contribution in [3.05, 3.63) is 35.4 Å². The van der Waals surface area contributed by atoms with Gasteiger partial charge in [0, 0.05) is 11.5 Å². The maximum atomic E-state index is 12.2. The van der Waals surface area contributed by atoms with Crippen molar-refractivity contribution in [3.63, 3.8) is 0 Å². The number of carbonyl (C=O) groups excluding carboxylic acids is 1. The van der Waals surface area contributed by atoms with E-state index in [1.807, 2.05) is 0 Å². The minimum atomic E-state index is -4.35. The Kier molecular flexibility index (Phi) is 3.17. The van der Waals surface area contributed by atoms with E-state index in [-0.39, 0.29) is 11.7 Å². The zero-order valence-corrected chi connectivity index (χ0v) is 8.43. The zero-order chi connectivity index (χ0) is 11.6. The largest absolute Gasteiger partial charge is 0.416 e. The lowest BCUT2D eigenvalue weighted by Crippen LogP contribution is -2.09. The summed E-state index contributed by atoms with van der Waals surface area (Å²) in [6, 6.07) is 4.28. The SMILES string of the molecule is CC(C)C(=O)c1ccc(C(F)(F)F)cc1. The van der Waals surface area contributed by atoms with Crippen molar-refractivity contribution in [1.29, 1.82) is 0 Å². The van der Waals surface area contributed by atoms with Crippen molar-refractivity contribution in [3.8, 4) is 0 Å². The predicted molar refractivity (Wildman–Crippen MR) is 50.6 cm³/mol. The Morgan fingerprint density at radius 1 is 1.13 bits per heavy atom. The Morgan fingerprint density at radius 2 is 1.60 bits per heavy atom. The molecule has 0 N–H and O–H groups in total. The molecule has 4 heteroatoms. The van der Waals surface area contributed by atoms with Crippen LogP contribution in [0, 0.1) is 5.92 Å². The number of Topliss-reactive ketones (excluding diaryl/α,β-unsaturated/α-hetero) is 1. The summed E-state index contributed by atoms with van der Waals surface area (Å²) in [5.74, 6) is -0.356. The third-order valence-electron chi connectivity index (χ3n) is 2.02. The van der Waals surface area contributed by atoms with Crippen LogP contribution in [0.5, 0.6) is 0 Å². The van der Waals surface area contributed by atoms with Crippen LogP contribution >= 0.6 is 0 Å². The van der Waals surface area contributed by atoms with E-state index < -0.39 is 11.7 Å². The molecule has 0 heterocycles. The molecule has 0 radical (unpaired) electrons. The van der Waals surface area contributed by atoms with Gasteiger partial charge in [-0.3, -0.25) is 4.79 Å². The molecule has 1 rings (SSSR count). The highest BCUT2D eigenvalue weighted by Crippen LogP contribution is 2.29. The number of alkyl halides is 3. The topological polar surface area (TPSA) is 17.1 Å². The average molecular weight is 216 g/mol. The summed E-state index contributed by atoms with van der Waals surface area (Å²) in [6.07, 6.45) is -4.35. The third kappa shape index (κ3) is 2.81. The maximum Gasteiger partial charge on any atom is 0.416 e. The standard InChI is InChI=1S/C11H11F3O/c1-7(2)10(15)8-3-5-9(6-4-8)11(12,13)14/h3-7H,1-2H3. The molecule has 1 aromatic carbocycles. The highest BCUT2D eigenvalue weighted by Gasteiger charge is 2.30. The normalized spacial score (nSPS) is 11.9. The lowest BCUT2D eigenvalue weighted by atomic mass is 10.00. The van der Waals surface area contributed by atoms with Crippen LogP contribution in [0.1, 0.15) is 29.8 Å². The summed E-state index contributed by atoms with van der Waals surface area (Å²) in [5, 5.41) is 0. The van der Waals surface area contributed by atoms with Gasteiger partial charge in [0.25, 0.3) is 0 Å². The summed E-state index contributed by atoms with van der Waals surface area (Å²) in [7, 11) is 0. The Morgan fingerprint density at radius 3 is 1.93 bits per heavy atom. The number of halogens is 3. The summed E-state index contributed by atoms with van der Waals surface area (Å²) in [4.78, 5) is 11.4. The van der Waals surface area contributed by atoms with Crippen molar-refractivity contribution in [2.75, 3.05) is 0 Å². The molecule has 0 bridgehead atoms. The Balaban J connectivity index is 2.96. The Hall–Kier alpha value is -1.32. The molecule has 15 heavy (non-hydrogen) atoms. The molecule has 0 saturated heterocycles. The Labute approximate surface area is 85.9 Å². The molecular weight excluding hydrogens is 205 g/mol. The van der Waals surface area contributed by atoms with Gasteiger partial charge in [0.05, 0.1) is 5.56 Å². The number of hydrogen-bond donors (Lipinski definition) is 0. The monoisotopic (exact) mass is 216 g/mol. The third-order valence-corrected chi connectivity index (χ3v) is 2.02. The van der Waals surface area contributed by atoms with E-state index in [1.165, 1.54) is 12.1 Å². The number of rotatable bonds is 2. The first-order valence-corrected chi connectivity index (χ1v) is 4.54. The zero-order valence-electron chi connectivity index (χ0n) is 8.43. The van der Waals surface area contributed by atoms with Crippen molar-refractivity contribution in [2.24, 2.45) is 5.92 Å². The number of carbonyl (C=O) groups is 1. The van der Waals surface area contributed by atoms with Crippen LogP contribution in [0.3, 0.4) is 0 Å². The molecular formula is C11H11F3O. The van der Waals surface area contributed by atoms with Gasteiger partial charge in [-0.05, 0) is 12.1 Å². The molecule has 82 valence electrons. The van der Waals surface area contributed by atoms with Crippen molar-refractivity contribution < 1.29 is 18.0 Å². The van der Waals surface area contributed by atoms with Gasteiger partial charge in [-0.2, -0.15) is 13.2 Å². The fourth-order valence-electron chi connectivity index (χ4n) is 1.16. The molecule has 0 amide bonds. The molecule has 0 atom stereocenters. The number of benzene rings is 1. The van der Waals surface area contributed by atoms with Crippen LogP contribution in [0.2, 0.25) is 0 Å². The van der Waals surface area contributed by atoms with E-state index in [1.54, 1.807) is 13.8 Å². The first-order chi connectivity index (χ1) is 6.82. The second-order valence-electron chi connectivity index (χ2n) is 3.59. The molecule has 1 aromatic rings. The van der Waals surface area contributed by atoms with Gasteiger partial charge in [-0.15, -0.1) is 0 Å². The van der Waals surface area contributed by atoms with Gasteiger partial charge in [0.2, 0.25) is 0 Å². The first-order valence-electron chi connectivity index (χ1n) is 4.54. The smallest absolute Gasteiger partial charge is 0.294 e. The molecule has 1 nitrogen and oxygen atoms in total. The van der Waals surface area contributed by atoms with Crippen LogP contribution in [0.4, 0.5) is 13.2 Å². The highest BCUT2D eigenvalue weighted by atomic mass is 19.4. The molecule has 0 fully saturated rings.